The van der Waals surface area contributed by atoms with Gasteiger partial charge in [0.1, 0.15) is 0 Å². The van der Waals surface area contributed by atoms with Gasteiger partial charge in [-0.2, -0.15) is 0 Å². The van der Waals surface area contributed by atoms with E-state index < -0.39 is 0 Å². The minimum absolute atomic E-state index is 0.169. The summed E-state index contributed by atoms with van der Waals surface area (Å²) in [6.07, 6.45) is 10.8. The monoisotopic (exact) mass is 262 g/mol. The van der Waals surface area contributed by atoms with Gasteiger partial charge in [-0.1, -0.05) is 81.7 Å². The van der Waals surface area contributed by atoms with Crippen molar-refractivity contribution in [2.75, 3.05) is 0 Å². The molecule has 0 aromatic heterocycles. The summed E-state index contributed by atoms with van der Waals surface area (Å²) in [7, 11) is 0. The summed E-state index contributed by atoms with van der Waals surface area (Å²) in [5.74, 6) is 0. The lowest BCUT2D eigenvalue weighted by Gasteiger charge is -2.11. The molecule has 19 heavy (non-hydrogen) atoms. The molecule has 108 valence electrons. The number of rotatable bonds is 10. The standard InChI is InChI=1S/C18H30O/c1-3-4-5-6-7-8-9-13-18(19)15-17-12-10-11-16(2)14-17/h10-12,14,18-19H,3-9,13,15H2,1-2H3. The fourth-order valence-electron chi connectivity index (χ4n) is 2.55. The highest BCUT2D eigenvalue weighted by molar-refractivity contribution is 5.22. The van der Waals surface area contributed by atoms with Gasteiger partial charge in [-0.15, -0.1) is 0 Å². The second-order valence-electron chi connectivity index (χ2n) is 5.76. The number of benzene rings is 1. The molecule has 0 saturated heterocycles. The maximum Gasteiger partial charge on any atom is 0.0580 e. The van der Waals surface area contributed by atoms with E-state index in [0.29, 0.717) is 0 Å². The SMILES string of the molecule is CCCCCCCCCC(O)Cc1cccc(C)c1. The Hall–Kier alpha value is -0.820. The van der Waals surface area contributed by atoms with Crippen LogP contribution >= 0.6 is 0 Å². The Balaban J connectivity index is 2.06. The normalized spacial score (nSPS) is 12.6. The summed E-state index contributed by atoms with van der Waals surface area (Å²) in [5.41, 5.74) is 2.54. The molecule has 0 aliphatic heterocycles. The topological polar surface area (TPSA) is 20.2 Å². The summed E-state index contributed by atoms with van der Waals surface area (Å²) in [4.78, 5) is 0. The van der Waals surface area contributed by atoms with Crippen molar-refractivity contribution < 1.29 is 5.11 Å². The molecule has 0 saturated carbocycles. The van der Waals surface area contributed by atoms with Gasteiger partial charge in [0, 0.05) is 0 Å². The smallest absolute Gasteiger partial charge is 0.0580 e. The fraction of sp³-hybridized carbons (Fsp3) is 0.667. The number of aliphatic hydroxyl groups excluding tert-OH is 1. The molecule has 1 heteroatoms. The molecular formula is C18H30O. The van der Waals surface area contributed by atoms with E-state index in [1.165, 1.54) is 56.1 Å². The fourth-order valence-corrected chi connectivity index (χ4v) is 2.55. The second kappa shape index (κ2) is 10.0. The Labute approximate surface area is 119 Å². The van der Waals surface area contributed by atoms with Gasteiger partial charge in [0.25, 0.3) is 0 Å². The lowest BCUT2D eigenvalue weighted by molar-refractivity contribution is 0.161. The van der Waals surface area contributed by atoms with Crippen LogP contribution in [0.1, 0.15) is 69.4 Å². The summed E-state index contributed by atoms with van der Waals surface area (Å²) in [6.45, 7) is 4.35. The van der Waals surface area contributed by atoms with E-state index in [-0.39, 0.29) is 6.10 Å². The van der Waals surface area contributed by atoms with Crippen LogP contribution in [0, 0.1) is 6.92 Å². The van der Waals surface area contributed by atoms with Crippen LogP contribution in [0.3, 0.4) is 0 Å². The van der Waals surface area contributed by atoms with E-state index in [0.717, 1.165) is 12.8 Å². The van der Waals surface area contributed by atoms with Crippen molar-refractivity contribution in [2.45, 2.75) is 77.7 Å². The first-order valence-electron chi connectivity index (χ1n) is 7.96. The molecule has 0 radical (unpaired) electrons. The van der Waals surface area contributed by atoms with Crippen LogP contribution < -0.4 is 0 Å². The van der Waals surface area contributed by atoms with Crippen LogP contribution in [-0.4, -0.2) is 11.2 Å². The molecule has 1 aromatic rings. The Kier molecular flexibility index (Phi) is 8.57. The minimum atomic E-state index is -0.169. The van der Waals surface area contributed by atoms with Crippen molar-refractivity contribution in [3.8, 4) is 0 Å². The lowest BCUT2D eigenvalue weighted by atomic mass is 10.0. The third kappa shape index (κ3) is 8.05. The highest BCUT2D eigenvalue weighted by Gasteiger charge is 2.05. The van der Waals surface area contributed by atoms with Crippen LogP contribution in [0.4, 0.5) is 0 Å². The molecular weight excluding hydrogens is 232 g/mol. The molecule has 0 aliphatic carbocycles. The van der Waals surface area contributed by atoms with Gasteiger partial charge in [-0.25, -0.2) is 0 Å². The first-order chi connectivity index (χ1) is 9.22. The number of aryl methyl sites for hydroxylation is 1. The van der Waals surface area contributed by atoms with Crippen LogP contribution in [0.25, 0.3) is 0 Å². The molecule has 1 N–H and O–H groups in total. The Morgan fingerprint density at radius 1 is 1.00 bits per heavy atom. The average Bonchev–Trinajstić information content (AvgIpc) is 2.37. The lowest BCUT2D eigenvalue weighted by Crippen LogP contribution is -2.10. The quantitative estimate of drug-likeness (QED) is 0.586. The first-order valence-corrected chi connectivity index (χ1v) is 7.96. The van der Waals surface area contributed by atoms with Gasteiger partial charge in [0.15, 0.2) is 0 Å². The Bertz CT molecular complexity index is 332. The summed E-state index contributed by atoms with van der Waals surface area (Å²) >= 11 is 0. The van der Waals surface area contributed by atoms with Crippen molar-refractivity contribution in [3.63, 3.8) is 0 Å². The molecule has 1 atom stereocenters. The van der Waals surface area contributed by atoms with Crippen LogP contribution in [0.2, 0.25) is 0 Å². The van der Waals surface area contributed by atoms with Gasteiger partial charge in [0.2, 0.25) is 0 Å². The minimum Gasteiger partial charge on any atom is -0.393 e. The number of aliphatic hydroxyl groups is 1. The Morgan fingerprint density at radius 3 is 2.37 bits per heavy atom. The number of hydrogen-bond acceptors (Lipinski definition) is 1. The average molecular weight is 262 g/mol. The van der Waals surface area contributed by atoms with E-state index in [9.17, 15) is 5.11 Å². The van der Waals surface area contributed by atoms with Crippen molar-refractivity contribution in [3.05, 3.63) is 35.4 Å². The van der Waals surface area contributed by atoms with E-state index in [4.69, 9.17) is 0 Å². The van der Waals surface area contributed by atoms with Crippen LogP contribution in [0.5, 0.6) is 0 Å². The van der Waals surface area contributed by atoms with E-state index in [2.05, 4.69) is 38.1 Å². The first kappa shape index (κ1) is 16.2. The molecule has 0 bridgehead atoms. The molecule has 1 aromatic carbocycles. The molecule has 0 heterocycles. The van der Waals surface area contributed by atoms with Crippen molar-refractivity contribution in [1.29, 1.82) is 0 Å². The van der Waals surface area contributed by atoms with Gasteiger partial charge in [-0.3, -0.25) is 0 Å². The van der Waals surface area contributed by atoms with Gasteiger partial charge in [0.05, 0.1) is 6.10 Å². The summed E-state index contributed by atoms with van der Waals surface area (Å²) in [5, 5.41) is 10.0. The van der Waals surface area contributed by atoms with E-state index >= 15 is 0 Å². The molecule has 0 amide bonds. The zero-order chi connectivity index (χ0) is 13.9. The van der Waals surface area contributed by atoms with Crippen LogP contribution in [0.15, 0.2) is 24.3 Å². The highest BCUT2D eigenvalue weighted by Crippen LogP contribution is 2.13. The Morgan fingerprint density at radius 2 is 1.68 bits per heavy atom. The summed E-state index contributed by atoms with van der Waals surface area (Å²) < 4.78 is 0. The number of hydrogen-bond donors (Lipinski definition) is 1. The van der Waals surface area contributed by atoms with Crippen LogP contribution in [-0.2, 0) is 6.42 Å². The maximum absolute atomic E-state index is 10.0. The highest BCUT2D eigenvalue weighted by atomic mass is 16.3. The zero-order valence-corrected chi connectivity index (χ0v) is 12.7. The van der Waals surface area contributed by atoms with Gasteiger partial charge in [-0.05, 0) is 25.3 Å². The molecule has 1 unspecified atom stereocenters. The predicted molar refractivity (Wildman–Crippen MR) is 83.5 cm³/mol. The van der Waals surface area contributed by atoms with E-state index in [1.807, 2.05) is 0 Å². The maximum atomic E-state index is 10.0. The largest absolute Gasteiger partial charge is 0.393 e. The van der Waals surface area contributed by atoms with Crippen molar-refractivity contribution in [1.82, 2.24) is 0 Å². The molecule has 0 spiro atoms. The molecule has 0 fully saturated rings. The van der Waals surface area contributed by atoms with Crippen molar-refractivity contribution in [2.24, 2.45) is 0 Å². The molecule has 1 nitrogen and oxygen atoms in total. The molecule has 0 aliphatic rings. The zero-order valence-electron chi connectivity index (χ0n) is 12.7. The van der Waals surface area contributed by atoms with Gasteiger partial charge >= 0.3 is 0 Å². The van der Waals surface area contributed by atoms with Crippen molar-refractivity contribution >= 4 is 0 Å². The predicted octanol–water partition coefficient (Wildman–Crippen LogP) is 5.04. The molecule has 1 rings (SSSR count). The third-order valence-corrected chi connectivity index (χ3v) is 3.69. The van der Waals surface area contributed by atoms with Gasteiger partial charge < -0.3 is 5.11 Å². The summed E-state index contributed by atoms with van der Waals surface area (Å²) in [6, 6.07) is 8.46. The third-order valence-electron chi connectivity index (χ3n) is 3.69. The second-order valence-corrected chi connectivity index (χ2v) is 5.76. The number of unbranched alkanes of at least 4 members (excludes halogenated alkanes) is 6. The van der Waals surface area contributed by atoms with E-state index in [1.54, 1.807) is 0 Å².